The van der Waals surface area contributed by atoms with E-state index in [9.17, 15) is 9.18 Å². The molecule has 1 amide bonds. The smallest absolute Gasteiger partial charge is 0.253 e. The summed E-state index contributed by atoms with van der Waals surface area (Å²) in [5, 5.41) is 0. The van der Waals surface area contributed by atoms with Crippen molar-refractivity contribution in [2.45, 2.75) is 18.9 Å². The van der Waals surface area contributed by atoms with Crippen LogP contribution in [0, 0.1) is 5.82 Å². The van der Waals surface area contributed by atoms with Gasteiger partial charge in [-0.1, -0.05) is 12.1 Å². The van der Waals surface area contributed by atoms with Crippen molar-refractivity contribution < 1.29 is 9.18 Å². The summed E-state index contributed by atoms with van der Waals surface area (Å²) < 4.78 is 13.1. The molecule has 5 nitrogen and oxygen atoms in total. The lowest BCUT2D eigenvalue weighted by Gasteiger charge is -2.24. The summed E-state index contributed by atoms with van der Waals surface area (Å²) in [6.45, 7) is 4.00. The largest absolute Gasteiger partial charge is 0.370 e. The van der Waals surface area contributed by atoms with Gasteiger partial charge in [0.25, 0.3) is 5.91 Å². The van der Waals surface area contributed by atoms with Crippen molar-refractivity contribution in [3.05, 3.63) is 65.5 Å². The van der Waals surface area contributed by atoms with E-state index in [1.807, 2.05) is 29.2 Å². The van der Waals surface area contributed by atoms with Gasteiger partial charge in [-0.25, -0.2) is 4.39 Å². The van der Waals surface area contributed by atoms with Crippen LogP contribution in [0.2, 0.25) is 0 Å². The Balaban J connectivity index is 1.39. The first kappa shape index (κ1) is 17.9. The van der Waals surface area contributed by atoms with E-state index in [0.717, 1.165) is 50.3 Å². The number of hydrogen-bond acceptors (Lipinski definition) is 4. The van der Waals surface area contributed by atoms with E-state index in [0.29, 0.717) is 12.6 Å². The van der Waals surface area contributed by atoms with Crippen LogP contribution >= 0.6 is 0 Å². The molecule has 1 unspecified atom stereocenters. The Bertz CT molecular complexity index is 772. The van der Waals surface area contributed by atoms with Crippen LogP contribution in [0.4, 0.5) is 10.1 Å². The van der Waals surface area contributed by atoms with Crippen molar-refractivity contribution in [2.24, 2.45) is 0 Å². The lowest BCUT2D eigenvalue weighted by atomic mass is 10.0. The summed E-state index contributed by atoms with van der Waals surface area (Å²) in [6.07, 6.45) is 1.96. The molecule has 2 aliphatic rings. The number of nitrogens with one attached hydrogen (secondary N) is 2. The van der Waals surface area contributed by atoms with Gasteiger partial charge in [-0.15, -0.1) is 0 Å². The van der Waals surface area contributed by atoms with E-state index in [1.165, 1.54) is 17.7 Å². The molecule has 2 aromatic rings. The third-order valence-electron chi connectivity index (χ3n) is 5.37. The topological polar surface area (TPSA) is 47.6 Å². The average Bonchev–Trinajstić information content (AvgIpc) is 3.13. The zero-order valence-electron chi connectivity index (χ0n) is 15.3. The molecule has 2 N–H and O–H groups in total. The minimum Gasteiger partial charge on any atom is -0.370 e. The molecule has 0 aliphatic carbocycles. The zero-order valence-corrected chi connectivity index (χ0v) is 15.3. The van der Waals surface area contributed by atoms with Gasteiger partial charge in [0.2, 0.25) is 0 Å². The summed E-state index contributed by atoms with van der Waals surface area (Å²) in [5.74, 6) is -0.141. The molecule has 0 aromatic heterocycles. The first-order valence-corrected chi connectivity index (χ1v) is 9.59. The SMILES string of the molecule is O=C(c1ccc(C2CCNN2)cc1)N1CCCN(c2ccc(F)cc2)CC1. The van der Waals surface area contributed by atoms with E-state index in [-0.39, 0.29) is 11.7 Å². The summed E-state index contributed by atoms with van der Waals surface area (Å²) in [5.41, 5.74) is 9.33. The third-order valence-corrected chi connectivity index (χ3v) is 5.37. The second kappa shape index (κ2) is 8.06. The fourth-order valence-electron chi connectivity index (χ4n) is 3.81. The Labute approximate surface area is 159 Å². The third kappa shape index (κ3) is 4.12. The van der Waals surface area contributed by atoms with Crippen LogP contribution in [0.1, 0.15) is 34.8 Å². The van der Waals surface area contributed by atoms with Crippen molar-refractivity contribution in [1.29, 1.82) is 0 Å². The Kier molecular flexibility index (Phi) is 5.36. The van der Waals surface area contributed by atoms with Crippen LogP contribution in [0.5, 0.6) is 0 Å². The highest BCUT2D eigenvalue weighted by Gasteiger charge is 2.21. The van der Waals surface area contributed by atoms with Gasteiger partial charge in [0.1, 0.15) is 5.82 Å². The highest BCUT2D eigenvalue weighted by molar-refractivity contribution is 5.94. The molecule has 0 saturated carbocycles. The highest BCUT2D eigenvalue weighted by atomic mass is 19.1. The molecule has 6 heteroatoms. The molecule has 2 saturated heterocycles. The van der Waals surface area contributed by atoms with Crippen LogP contribution in [-0.2, 0) is 0 Å². The van der Waals surface area contributed by atoms with Gasteiger partial charge in [-0.3, -0.25) is 15.6 Å². The van der Waals surface area contributed by atoms with E-state index in [1.54, 1.807) is 12.1 Å². The Morgan fingerprint density at radius 3 is 2.44 bits per heavy atom. The number of hydrogen-bond donors (Lipinski definition) is 2. The second-order valence-electron chi connectivity index (χ2n) is 7.14. The molecular weight excluding hydrogens is 343 g/mol. The van der Waals surface area contributed by atoms with E-state index in [4.69, 9.17) is 0 Å². The first-order chi connectivity index (χ1) is 13.2. The van der Waals surface area contributed by atoms with Crippen molar-refractivity contribution in [3.8, 4) is 0 Å². The van der Waals surface area contributed by atoms with E-state index >= 15 is 0 Å². The number of amides is 1. The number of nitrogens with zero attached hydrogens (tertiary/aromatic N) is 2. The number of carbonyl (C=O) groups is 1. The number of carbonyl (C=O) groups excluding carboxylic acids is 1. The summed E-state index contributed by atoms with van der Waals surface area (Å²) in [6, 6.07) is 14.8. The fraction of sp³-hybridized carbons (Fsp3) is 0.381. The van der Waals surface area contributed by atoms with E-state index < -0.39 is 0 Å². The van der Waals surface area contributed by atoms with Crippen molar-refractivity contribution in [2.75, 3.05) is 37.6 Å². The van der Waals surface area contributed by atoms with Crippen LogP contribution in [0.3, 0.4) is 0 Å². The van der Waals surface area contributed by atoms with Gasteiger partial charge in [-0.05, 0) is 54.8 Å². The quantitative estimate of drug-likeness (QED) is 0.875. The summed E-state index contributed by atoms with van der Waals surface area (Å²) in [4.78, 5) is 17.0. The molecule has 0 radical (unpaired) electrons. The molecule has 2 fully saturated rings. The fourth-order valence-corrected chi connectivity index (χ4v) is 3.81. The predicted octanol–water partition coefficient (Wildman–Crippen LogP) is 2.72. The predicted molar refractivity (Wildman–Crippen MR) is 104 cm³/mol. The molecule has 2 aliphatic heterocycles. The molecule has 0 spiro atoms. The average molecular weight is 368 g/mol. The Morgan fingerprint density at radius 2 is 1.74 bits per heavy atom. The maximum absolute atomic E-state index is 13.1. The molecule has 142 valence electrons. The number of halogens is 1. The van der Waals surface area contributed by atoms with Crippen LogP contribution in [-0.4, -0.2) is 43.5 Å². The molecule has 27 heavy (non-hydrogen) atoms. The van der Waals surface area contributed by atoms with Crippen molar-refractivity contribution >= 4 is 11.6 Å². The zero-order chi connectivity index (χ0) is 18.6. The Morgan fingerprint density at radius 1 is 0.963 bits per heavy atom. The second-order valence-corrected chi connectivity index (χ2v) is 7.14. The monoisotopic (exact) mass is 368 g/mol. The van der Waals surface area contributed by atoms with Gasteiger partial charge < -0.3 is 9.80 Å². The Hall–Kier alpha value is -2.44. The number of rotatable bonds is 3. The molecule has 1 atom stereocenters. The lowest BCUT2D eigenvalue weighted by molar-refractivity contribution is 0.0767. The molecule has 4 rings (SSSR count). The maximum atomic E-state index is 13.1. The first-order valence-electron chi connectivity index (χ1n) is 9.59. The highest BCUT2D eigenvalue weighted by Crippen LogP contribution is 2.21. The van der Waals surface area contributed by atoms with Crippen LogP contribution in [0.25, 0.3) is 0 Å². The lowest BCUT2D eigenvalue weighted by Crippen LogP contribution is -2.35. The van der Waals surface area contributed by atoms with Crippen LogP contribution < -0.4 is 15.8 Å². The van der Waals surface area contributed by atoms with Gasteiger partial charge in [0.15, 0.2) is 0 Å². The van der Waals surface area contributed by atoms with Crippen LogP contribution in [0.15, 0.2) is 48.5 Å². The standard InChI is InChI=1S/C21H25FN4O/c22-18-6-8-19(9-7-18)25-12-1-13-26(15-14-25)21(27)17-4-2-16(3-5-17)20-10-11-23-24-20/h2-9,20,23-24H,1,10-15H2. The molecule has 2 aromatic carbocycles. The normalized spacial score (nSPS) is 20.6. The number of hydrazine groups is 1. The molecule has 2 heterocycles. The van der Waals surface area contributed by atoms with Gasteiger partial charge >= 0.3 is 0 Å². The summed E-state index contributed by atoms with van der Waals surface area (Å²) >= 11 is 0. The van der Waals surface area contributed by atoms with Gasteiger partial charge in [-0.2, -0.15) is 0 Å². The minimum absolute atomic E-state index is 0.0833. The summed E-state index contributed by atoms with van der Waals surface area (Å²) in [7, 11) is 0. The molecule has 0 bridgehead atoms. The van der Waals surface area contributed by atoms with Gasteiger partial charge in [0.05, 0.1) is 0 Å². The maximum Gasteiger partial charge on any atom is 0.253 e. The minimum atomic E-state index is -0.225. The number of anilines is 1. The van der Waals surface area contributed by atoms with E-state index in [2.05, 4.69) is 15.8 Å². The van der Waals surface area contributed by atoms with Crippen molar-refractivity contribution in [1.82, 2.24) is 15.8 Å². The molecular formula is C21H25FN4O. The number of benzene rings is 2. The van der Waals surface area contributed by atoms with Gasteiger partial charge in [0, 0.05) is 50.0 Å². The van der Waals surface area contributed by atoms with Crippen molar-refractivity contribution in [3.63, 3.8) is 0 Å².